The van der Waals surface area contributed by atoms with Crippen LogP contribution in [-0.4, -0.2) is 85.1 Å². The number of hydrogen-bond acceptors (Lipinski definition) is 14. The smallest absolute Gasteiger partial charge is 0.331 e. The van der Waals surface area contributed by atoms with Crippen molar-refractivity contribution in [3.63, 3.8) is 0 Å². The van der Waals surface area contributed by atoms with Crippen molar-refractivity contribution in [2.45, 2.75) is 51.4 Å². The first-order valence-electron chi connectivity index (χ1n) is 17.3. The maximum Gasteiger partial charge on any atom is 0.331 e. The molecular weight excluding hydrogens is 688 g/mol. The monoisotopic (exact) mass is 728 g/mol. The Balaban J connectivity index is 1.62. The van der Waals surface area contributed by atoms with Gasteiger partial charge >= 0.3 is 11.9 Å². The van der Waals surface area contributed by atoms with E-state index in [9.17, 15) is 34.5 Å². The Bertz CT molecular complexity index is 2450. The van der Waals surface area contributed by atoms with E-state index in [0.717, 1.165) is 5.57 Å². The predicted octanol–water partition coefficient (Wildman–Crippen LogP) is 3.03. The first kappa shape index (κ1) is 36.1. The summed E-state index contributed by atoms with van der Waals surface area (Å²) in [5, 5.41) is 51.5. The highest BCUT2D eigenvalue weighted by atomic mass is 16.6. The van der Waals surface area contributed by atoms with Gasteiger partial charge in [-0.15, -0.1) is 0 Å². The Kier molecular flexibility index (Phi) is 9.49. The van der Waals surface area contributed by atoms with E-state index in [4.69, 9.17) is 24.1 Å². The molecule has 0 unspecified atom stereocenters. The third kappa shape index (κ3) is 5.73. The van der Waals surface area contributed by atoms with Crippen LogP contribution in [0.4, 0.5) is 11.4 Å². The zero-order valence-electron chi connectivity index (χ0n) is 29.6. The van der Waals surface area contributed by atoms with Crippen LogP contribution >= 0.6 is 0 Å². The van der Waals surface area contributed by atoms with E-state index in [2.05, 4.69) is 10.6 Å². The molecule has 14 heteroatoms. The van der Waals surface area contributed by atoms with Crippen LogP contribution in [0.2, 0.25) is 0 Å². The number of nitrogens with one attached hydrogen (secondary N) is 2. The van der Waals surface area contributed by atoms with Gasteiger partial charge in [0.15, 0.2) is 16.9 Å². The van der Waals surface area contributed by atoms with Crippen LogP contribution in [0.15, 0.2) is 27.3 Å². The molecule has 14 nitrogen and oxygen atoms in total. The van der Waals surface area contributed by atoms with E-state index in [1.54, 1.807) is 0 Å². The molecule has 0 atom stereocenters. The molecule has 53 heavy (non-hydrogen) atoms. The van der Waals surface area contributed by atoms with Gasteiger partial charge in [-0.25, -0.2) is 4.79 Å². The Labute approximate surface area is 302 Å². The number of benzene rings is 5. The van der Waals surface area contributed by atoms with Crippen molar-refractivity contribution in [1.82, 2.24) is 0 Å². The zero-order chi connectivity index (χ0) is 37.8. The molecule has 0 radical (unpaired) electrons. The molecule has 0 heterocycles. The minimum Gasteiger partial charge on any atom is -0.505 e. The van der Waals surface area contributed by atoms with Gasteiger partial charge in [0.1, 0.15) is 18.7 Å². The summed E-state index contributed by atoms with van der Waals surface area (Å²) in [5.41, 5.74) is 0.366. The maximum atomic E-state index is 14.6. The van der Waals surface area contributed by atoms with Crippen molar-refractivity contribution in [2.24, 2.45) is 0 Å². The molecule has 6 N–H and O–H groups in total. The Morgan fingerprint density at radius 1 is 0.849 bits per heavy atom. The Morgan fingerprint density at radius 3 is 2.19 bits per heavy atom. The van der Waals surface area contributed by atoms with Gasteiger partial charge in [-0.2, -0.15) is 0 Å². The van der Waals surface area contributed by atoms with Gasteiger partial charge in [-0.3, -0.25) is 14.4 Å². The lowest BCUT2D eigenvalue weighted by molar-refractivity contribution is -0.147. The summed E-state index contributed by atoms with van der Waals surface area (Å²) in [6, 6.07) is 2.77. The third-order valence-electron chi connectivity index (χ3n) is 10.2. The minimum absolute atomic E-state index is 0.00363. The number of hydrogen-bond donors (Lipinski definition) is 6. The van der Waals surface area contributed by atoms with Crippen LogP contribution < -0.4 is 26.2 Å². The predicted molar refractivity (Wildman–Crippen MR) is 198 cm³/mol. The number of fused-ring (bicyclic) bond motifs is 1. The summed E-state index contributed by atoms with van der Waals surface area (Å²) in [6.45, 7) is 0.490. The first-order valence-corrected chi connectivity index (χ1v) is 17.3. The van der Waals surface area contributed by atoms with Gasteiger partial charge in [0.2, 0.25) is 5.43 Å². The second-order valence-corrected chi connectivity index (χ2v) is 13.6. The number of aliphatic hydroxyl groups is 3. The van der Waals surface area contributed by atoms with Crippen LogP contribution in [0.25, 0.3) is 49.2 Å². The lowest BCUT2D eigenvalue weighted by atomic mass is 9.81. The molecule has 0 amide bonds. The Morgan fingerprint density at radius 2 is 1.55 bits per heavy atom. The number of allylic oxidation sites excluding steroid dienone is 1. The fraction of sp³-hybridized carbons (Fsp3) is 0.385. The molecule has 7 rings (SSSR count). The van der Waals surface area contributed by atoms with E-state index in [0.29, 0.717) is 61.8 Å². The third-order valence-corrected chi connectivity index (χ3v) is 10.2. The lowest BCUT2D eigenvalue weighted by Gasteiger charge is -2.26. The molecule has 5 aromatic rings. The second-order valence-electron chi connectivity index (χ2n) is 13.6. The molecule has 2 aliphatic carbocycles. The average molecular weight is 729 g/mol. The van der Waals surface area contributed by atoms with Gasteiger partial charge in [-0.1, -0.05) is 11.6 Å². The molecule has 0 aromatic heterocycles. The van der Waals surface area contributed by atoms with E-state index < -0.39 is 47.3 Å². The highest BCUT2D eigenvalue weighted by Crippen LogP contribution is 2.54. The van der Waals surface area contributed by atoms with E-state index >= 15 is 0 Å². The van der Waals surface area contributed by atoms with Gasteiger partial charge in [-0.05, 0) is 65.6 Å². The number of phenolic OH excluding ortho intramolecular Hbond substituents is 1. The van der Waals surface area contributed by atoms with Crippen molar-refractivity contribution in [3.8, 4) is 11.5 Å². The molecule has 0 aliphatic heterocycles. The van der Waals surface area contributed by atoms with Gasteiger partial charge in [0, 0.05) is 53.1 Å². The fourth-order valence-corrected chi connectivity index (χ4v) is 7.74. The minimum atomic E-state index is -1.18. The lowest BCUT2D eigenvalue weighted by Crippen LogP contribution is -2.34. The van der Waals surface area contributed by atoms with E-state index in [1.807, 2.05) is 13.0 Å². The molecule has 2 aliphatic rings. The summed E-state index contributed by atoms with van der Waals surface area (Å²) in [7, 11) is 2.87. The molecule has 1 fully saturated rings. The van der Waals surface area contributed by atoms with Gasteiger partial charge in [0.05, 0.1) is 50.0 Å². The van der Waals surface area contributed by atoms with Crippen molar-refractivity contribution < 1.29 is 49.0 Å². The number of rotatable bonds is 15. The average Bonchev–Trinajstić information content (AvgIpc) is 3.95. The summed E-state index contributed by atoms with van der Waals surface area (Å²) in [6.07, 6.45) is 3.13. The number of phenols is 1. The Hall–Kier alpha value is -5.28. The van der Waals surface area contributed by atoms with Gasteiger partial charge in [0.25, 0.3) is 0 Å². The highest BCUT2D eigenvalue weighted by molar-refractivity contribution is 6.39. The largest absolute Gasteiger partial charge is 0.505 e. The number of esters is 2. The molecule has 0 bridgehead atoms. The molecule has 5 aromatic carbocycles. The number of aliphatic hydroxyl groups excluding tert-OH is 3. The molecule has 0 saturated heterocycles. The van der Waals surface area contributed by atoms with Crippen LogP contribution in [-0.2, 0) is 43.4 Å². The molecule has 278 valence electrons. The van der Waals surface area contributed by atoms with Crippen LogP contribution in [0.3, 0.4) is 0 Å². The quantitative estimate of drug-likeness (QED) is 0.0301. The van der Waals surface area contributed by atoms with Crippen molar-refractivity contribution in [1.29, 1.82) is 0 Å². The van der Waals surface area contributed by atoms with E-state index in [1.165, 1.54) is 26.4 Å². The summed E-state index contributed by atoms with van der Waals surface area (Å²) < 4.78 is 21.5. The number of carbonyl (C=O) groups excluding carboxylic acids is 2. The zero-order valence-corrected chi connectivity index (χ0v) is 29.6. The number of anilines is 2. The number of methoxy groups -OCH3 is 2. The SMILES string of the molecule is COCCOC(=O)C1(Nc2c(O)c3c(=O)cc(CO)c4c5c(CO)cc(NCC(=O)OCCCO)c6c(=O)c(OC)c7c(c(c2C=C(C)C7)c34)c65)CC1. The molecular formula is C39H40N2O12. The van der Waals surface area contributed by atoms with Crippen molar-refractivity contribution >= 4 is 72.5 Å². The van der Waals surface area contributed by atoms with E-state index in [-0.39, 0.29) is 79.3 Å². The standard InChI is InChI=1S/C39H40N2O12/c1-18-11-21-28-29-22(12-18)37(51-3)36(48)30-23(40-15-25(46)52-8-4-7-42)13-19(16-43)26(32(29)30)27-20(17-44)14-24(45)31(33(27)28)35(47)34(21)41-39(5-6-39)38(49)53-10-9-50-2/h11,13-14,40-44,47H,4-10,12,15-17H2,1-3H3. The summed E-state index contributed by atoms with van der Waals surface area (Å²) >= 11 is 0. The van der Waals surface area contributed by atoms with Crippen LogP contribution in [0.5, 0.6) is 11.5 Å². The number of aromatic hydroxyl groups is 1. The van der Waals surface area contributed by atoms with Crippen LogP contribution in [0.1, 0.15) is 48.4 Å². The number of carbonyl (C=O) groups is 2. The second kappa shape index (κ2) is 13.9. The summed E-state index contributed by atoms with van der Waals surface area (Å²) in [5.74, 6) is -1.53. The van der Waals surface area contributed by atoms with Crippen LogP contribution in [0, 0.1) is 0 Å². The van der Waals surface area contributed by atoms with Crippen molar-refractivity contribution in [2.75, 3.05) is 57.8 Å². The topological polar surface area (TPSA) is 210 Å². The summed E-state index contributed by atoms with van der Waals surface area (Å²) in [4.78, 5) is 54.6. The maximum absolute atomic E-state index is 14.6. The highest BCUT2D eigenvalue weighted by Gasteiger charge is 2.52. The number of ether oxygens (including phenoxy) is 4. The molecule has 0 spiro atoms. The van der Waals surface area contributed by atoms with Crippen molar-refractivity contribution in [3.05, 3.63) is 60.4 Å². The molecule has 1 saturated carbocycles. The normalized spacial score (nSPS) is 14.6. The van der Waals surface area contributed by atoms with Gasteiger partial charge < -0.3 is 50.0 Å². The fourth-order valence-electron chi connectivity index (χ4n) is 7.74. The first-order chi connectivity index (χ1) is 25.5.